The zero-order valence-electron chi connectivity index (χ0n) is 15.1. The number of amides is 3. The molecule has 0 aromatic heterocycles. The second-order valence-corrected chi connectivity index (χ2v) is 8.27. The Morgan fingerprint density at radius 1 is 1.23 bits per heavy atom. The summed E-state index contributed by atoms with van der Waals surface area (Å²) in [6.45, 7) is 6.09. The van der Waals surface area contributed by atoms with Crippen molar-refractivity contribution in [1.82, 2.24) is 14.5 Å². The van der Waals surface area contributed by atoms with Crippen LogP contribution in [0.3, 0.4) is 0 Å². The van der Waals surface area contributed by atoms with Crippen LogP contribution >= 0.6 is 0 Å². The minimum atomic E-state index is -3.50. The first-order chi connectivity index (χ1) is 12.4. The minimum Gasteiger partial charge on any atom is -0.362 e. The van der Waals surface area contributed by atoms with E-state index in [4.69, 9.17) is 0 Å². The van der Waals surface area contributed by atoms with Crippen molar-refractivity contribution in [2.24, 2.45) is 0 Å². The van der Waals surface area contributed by atoms with Gasteiger partial charge < -0.3 is 10.2 Å². The second kappa shape index (κ2) is 7.24. The highest BCUT2D eigenvalue weighted by molar-refractivity contribution is 7.89. The van der Waals surface area contributed by atoms with E-state index in [0.717, 1.165) is 11.3 Å². The molecule has 3 amide bonds. The first kappa shape index (κ1) is 18.7. The lowest BCUT2D eigenvalue weighted by Crippen LogP contribution is -2.41. The lowest BCUT2D eigenvalue weighted by atomic mass is 10.2. The number of rotatable bonds is 6. The highest BCUT2D eigenvalue weighted by Crippen LogP contribution is 2.31. The summed E-state index contributed by atoms with van der Waals surface area (Å²) >= 11 is 0. The van der Waals surface area contributed by atoms with E-state index in [0.29, 0.717) is 39.1 Å². The van der Waals surface area contributed by atoms with Crippen molar-refractivity contribution >= 4 is 27.6 Å². The van der Waals surface area contributed by atoms with Crippen LogP contribution < -0.4 is 10.2 Å². The number of anilines is 1. The maximum absolute atomic E-state index is 12.7. The Bertz CT molecular complexity index is 820. The van der Waals surface area contributed by atoms with Gasteiger partial charge in [-0.05, 0) is 30.2 Å². The summed E-state index contributed by atoms with van der Waals surface area (Å²) < 4.78 is 26.8. The molecule has 1 aromatic rings. The molecule has 0 atom stereocenters. The molecule has 8 nitrogen and oxygen atoms in total. The van der Waals surface area contributed by atoms with E-state index in [2.05, 4.69) is 5.32 Å². The molecule has 0 saturated carbocycles. The number of hydrogen-bond acceptors (Lipinski definition) is 5. The fraction of sp³-hybridized carbons (Fsp3) is 0.529. The van der Waals surface area contributed by atoms with E-state index in [1.165, 1.54) is 9.21 Å². The van der Waals surface area contributed by atoms with Gasteiger partial charge >= 0.3 is 6.03 Å². The number of imide groups is 1. The van der Waals surface area contributed by atoms with Gasteiger partial charge in [0.2, 0.25) is 15.9 Å². The molecule has 142 valence electrons. The zero-order valence-corrected chi connectivity index (χ0v) is 15.9. The van der Waals surface area contributed by atoms with Crippen molar-refractivity contribution < 1.29 is 18.0 Å². The molecule has 26 heavy (non-hydrogen) atoms. The zero-order chi connectivity index (χ0) is 18.9. The molecule has 0 aliphatic carbocycles. The first-order valence-corrected chi connectivity index (χ1v) is 10.3. The van der Waals surface area contributed by atoms with Gasteiger partial charge in [0, 0.05) is 38.4 Å². The van der Waals surface area contributed by atoms with Crippen LogP contribution in [0.4, 0.5) is 10.5 Å². The maximum Gasteiger partial charge on any atom is 0.324 e. The van der Waals surface area contributed by atoms with Crippen LogP contribution in [0.1, 0.15) is 19.4 Å². The molecule has 0 radical (unpaired) electrons. The number of nitrogens with one attached hydrogen (secondary N) is 1. The molecule has 1 fully saturated rings. The van der Waals surface area contributed by atoms with Crippen molar-refractivity contribution in [3.05, 3.63) is 23.8 Å². The molecule has 0 bridgehead atoms. The standard InChI is InChI=1S/C17H24N4O4S/c1-3-20(4-2)26(24,25)14-5-6-15-13(11-14)7-9-19(15)12-16(22)21-10-8-18-17(21)23/h5-6,11H,3-4,7-10,12H2,1-2H3,(H,18,23). The molecule has 2 aliphatic heterocycles. The van der Waals surface area contributed by atoms with Crippen molar-refractivity contribution in [2.75, 3.05) is 44.2 Å². The lowest BCUT2D eigenvalue weighted by Gasteiger charge is -2.22. The molecule has 1 saturated heterocycles. The molecule has 3 rings (SSSR count). The molecule has 1 N–H and O–H groups in total. The Balaban J connectivity index is 1.78. The Kier molecular flexibility index (Phi) is 5.19. The first-order valence-electron chi connectivity index (χ1n) is 8.84. The third-order valence-electron chi connectivity index (χ3n) is 4.87. The fourth-order valence-electron chi connectivity index (χ4n) is 3.44. The number of nitrogens with zero attached hydrogens (tertiary/aromatic N) is 3. The van der Waals surface area contributed by atoms with Gasteiger partial charge in [0.15, 0.2) is 0 Å². The smallest absolute Gasteiger partial charge is 0.324 e. The monoisotopic (exact) mass is 380 g/mol. The number of carbonyl (C=O) groups is 2. The van der Waals surface area contributed by atoms with Crippen LogP contribution in [0.15, 0.2) is 23.1 Å². The Hall–Kier alpha value is -2.13. The van der Waals surface area contributed by atoms with E-state index >= 15 is 0 Å². The van der Waals surface area contributed by atoms with Crippen molar-refractivity contribution in [3.63, 3.8) is 0 Å². The number of benzene rings is 1. The quantitative estimate of drug-likeness (QED) is 0.782. The topological polar surface area (TPSA) is 90.0 Å². The van der Waals surface area contributed by atoms with Crippen LogP contribution in [0.25, 0.3) is 0 Å². The van der Waals surface area contributed by atoms with Crippen LogP contribution in [-0.2, 0) is 21.2 Å². The van der Waals surface area contributed by atoms with E-state index in [1.807, 2.05) is 18.7 Å². The minimum absolute atomic E-state index is 0.114. The van der Waals surface area contributed by atoms with Crippen molar-refractivity contribution in [2.45, 2.75) is 25.2 Å². The fourth-order valence-corrected chi connectivity index (χ4v) is 4.95. The van der Waals surface area contributed by atoms with E-state index < -0.39 is 10.0 Å². The van der Waals surface area contributed by atoms with Gasteiger partial charge in [0.1, 0.15) is 0 Å². The summed E-state index contributed by atoms with van der Waals surface area (Å²) in [6.07, 6.45) is 0.677. The summed E-state index contributed by atoms with van der Waals surface area (Å²) in [5, 5.41) is 2.62. The maximum atomic E-state index is 12.7. The van der Waals surface area contributed by atoms with Gasteiger partial charge in [-0.3, -0.25) is 9.69 Å². The van der Waals surface area contributed by atoms with Crippen LogP contribution in [0, 0.1) is 0 Å². The summed E-state index contributed by atoms with van der Waals surface area (Å²) in [7, 11) is -3.50. The third-order valence-corrected chi connectivity index (χ3v) is 6.92. The van der Waals surface area contributed by atoms with E-state index in [-0.39, 0.29) is 23.4 Å². The predicted octanol–water partition coefficient (Wildman–Crippen LogP) is 0.631. The number of fused-ring (bicyclic) bond motifs is 1. The number of urea groups is 1. The second-order valence-electron chi connectivity index (χ2n) is 6.33. The Morgan fingerprint density at radius 3 is 2.58 bits per heavy atom. The predicted molar refractivity (Wildman–Crippen MR) is 97.6 cm³/mol. The normalized spacial score (nSPS) is 17.0. The summed E-state index contributed by atoms with van der Waals surface area (Å²) in [6, 6.07) is 4.71. The van der Waals surface area contributed by atoms with Gasteiger partial charge in [0.05, 0.1) is 11.4 Å². The van der Waals surface area contributed by atoms with Gasteiger partial charge in [-0.1, -0.05) is 13.8 Å². The van der Waals surface area contributed by atoms with Crippen LogP contribution in [0.2, 0.25) is 0 Å². The Labute approximate surface area is 153 Å². The van der Waals surface area contributed by atoms with Crippen molar-refractivity contribution in [3.8, 4) is 0 Å². The molecule has 9 heteroatoms. The van der Waals surface area contributed by atoms with Gasteiger partial charge in [-0.15, -0.1) is 0 Å². The number of sulfonamides is 1. The molecule has 0 spiro atoms. The summed E-state index contributed by atoms with van der Waals surface area (Å²) in [4.78, 5) is 27.4. The van der Waals surface area contributed by atoms with Gasteiger partial charge in [0.25, 0.3) is 0 Å². The highest BCUT2D eigenvalue weighted by Gasteiger charge is 2.30. The SMILES string of the molecule is CCN(CC)S(=O)(=O)c1ccc2c(c1)CCN2CC(=O)N1CCNC1=O. The average molecular weight is 380 g/mol. The van der Waals surface area contributed by atoms with Crippen LogP contribution in [-0.4, -0.2) is 68.8 Å². The van der Waals surface area contributed by atoms with Crippen LogP contribution in [0.5, 0.6) is 0 Å². The lowest BCUT2D eigenvalue weighted by molar-refractivity contribution is -0.126. The van der Waals surface area contributed by atoms with Crippen molar-refractivity contribution in [1.29, 1.82) is 0 Å². The highest BCUT2D eigenvalue weighted by atomic mass is 32.2. The van der Waals surface area contributed by atoms with Gasteiger partial charge in [-0.25, -0.2) is 13.2 Å². The van der Waals surface area contributed by atoms with Gasteiger partial charge in [-0.2, -0.15) is 4.31 Å². The molecule has 2 aliphatic rings. The largest absolute Gasteiger partial charge is 0.362 e. The molecular weight excluding hydrogens is 356 g/mol. The number of hydrogen-bond donors (Lipinski definition) is 1. The molecular formula is C17H24N4O4S. The molecule has 1 aromatic carbocycles. The average Bonchev–Trinajstić information content (AvgIpc) is 3.21. The third kappa shape index (κ3) is 3.28. The van der Waals surface area contributed by atoms with E-state index in [1.54, 1.807) is 18.2 Å². The molecule has 0 unspecified atom stereocenters. The summed E-state index contributed by atoms with van der Waals surface area (Å²) in [5.41, 5.74) is 1.77. The number of carbonyl (C=O) groups excluding carboxylic acids is 2. The molecule has 2 heterocycles. The Morgan fingerprint density at radius 2 is 1.96 bits per heavy atom. The van der Waals surface area contributed by atoms with E-state index in [9.17, 15) is 18.0 Å². The summed E-state index contributed by atoms with van der Waals surface area (Å²) in [5.74, 6) is -0.243.